The predicted octanol–water partition coefficient (Wildman–Crippen LogP) is 3.75. The maximum absolute atomic E-state index is 13.7. The number of carbonyl (C=O) groups is 1. The Kier molecular flexibility index (Phi) is 5.83. The highest BCUT2D eigenvalue weighted by Gasteiger charge is 2.15. The summed E-state index contributed by atoms with van der Waals surface area (Å²) in [4.78, 5) is 19.8. The molecule has 0 saturated heterocycles. The first-order valence-electron chi connectivity index (χ1n) is 8.19. The van der Waals surface area contributed by atoms with Crippen LogP contribution in [-0.2, 0) is 6.42 Å². The van der Waals surface area contributed by atoms with E-state index in [0.29, 0.717) is 6.42 Å². The minimum Gasteiger partial charge on any atom is -0.350 e. The van der Waals surface area contributed by atoms with E-state index in [-0.39, 0.29) is 29.6 Å². The van der Waals surface area contributed by atoms with Crippen LogP contribution in [0.1, 0.15) is 16.1 Å². The number of anilines is 2. The normalized spacial score (nSPS) is 10.6. The minimum absolute atomic E-state index is 0.000372. The molecule has 144 valence electrons. The second kappa shape index (κ2) is 8.47. The van der Waals surface area contributed by atoms with Crippen molar-refractivity contribution in [3.05, 3.63) is 83.3 Å². The maximum atomic E-state index is 13.7. The molecule has 2 N–H and O–H groups in total. The lowest BCUT2D eigenvalue weighted by Crippen LogP contribution is -2.26. The fraction of sp³-hybridized carbons (Fsp3) is 0.105. The monoisotopic (exact) mass is 390 g/mol. The van der Waals surface area contributed by atoms with Gasteiger partial charge in [0.15, 0.2) is 17.5 Å². The van der Waals surface area contributed by atoms with Crippen LogP contribution in [-0.4, -0.2) is 22.4 Å². The van der Waals surface area contributed by atoms with Gasteiger partial charge in [-0.3, -0.25) is 4.79 Å². The fourth-order valence-electron chi connectivity index (χ4n) is 2.37. The Bertz CT molecular complexity index is 996. The van der Waals surface area contributed by atoms with Gasteiger partial charge in [-0.15, -0.1) is 0 Å². The van der Waals surface area contributed by atoms with Crippen LogP contribution in [0.4, 0.5) is 29.1 Å². The Labute approximate surface area is 157 Å². The molecular formula is C19H14F4N4O. The molecule has 2 aromatic carbocycles. The van der Waals surface area contributed by atoms with Crippen LogP contribution in [0.5, 0.6) is 0 Å². The van der Waals surface area contributed by atoms with E-state index in [0.717, 1.165) is 24.0 Å². The summed E-state index contributed by atoms with van der Waals surface area (Å²) in [6.45, 7) is 0.287. The van der Waals surface area contributed by atoms with Gasteiger partial charge in [0, 0.05) is 12.6 Å². The molecular weight excluding hydrogens is 376 g/mol. The number of benzene rings is 2. The summed E-state index contributed by atoms with van der Waals surface area (Å²) in [5, 5.41) is 5.12. The molecule has 0 atom stereocenters. The molecule has 0 spiro atoms. The number of nitrogens with one attached hydrogen (secondary N) is 2. The first-order chi connectivity index (χ1) is 13.4. The average molecular weight is 390 g/mol. The third kappa shape index (κ3) is 4.61. The number of hydrogen-bond donors (Lipinski definition) is 2. The standard InChI is InChI=1S/C19H14F4N4O/c20-12-3-1-11(2-4-12)7-8-24-19(28)15-9-16(26-10-25-15)27-14-6-5-13(21)17(22)18(14)23/h1-6,9-10H,7-8H2,(H,24,28)(H,25,26,27). The molecule has 3 aromatic rings. The molecule has 0 aliphatic rings. The van der Waals surface area contributed by atoms with Crippen molar-refractivity contribution in [1.29, 1.82) is 0 Å². The highest BCUT2D eigenvalue weighted by atomic mass is 19.2. The van der Waals surface area contributed by atoms with E-state index in [2.05, 4.69) is 20.6 Å². The van der Waals surface area contributed by atoms with Crippen LogP contribution < -0.4 is 10.6 Å². The number of rotatable bonds is 6. The Hall–Kier alpha value is -3.49. The van der Waals surface area contributed by atoms with Crippen LogP contribution in [0.15, 0.2) is 48.8 Å². The molecule has 5 nitrogen and oxygen atoms in total. The maximum Gasteiger partial charge on any atom is 0.270 e. The average Bonchev–Trinajstić information content (AvgIpc) is 2.70. The highest BCUT2D eigenvalue weighted by Crippen LogP contribution is 2.22. The zero-order chi connectivity index (χ0) is 20.1. The molecule has 0 radical (unpaired) electrons. The van der Waals surface area contributed by atoms with Crippen molar-refractivity contribution in [1.82, 2.24) is 15.3 Å². The van der Waals surface area contributed by atoms with Gasteiger partial charge < -0.3 is 10.6 Å². The van der Waals surface area contributed by atoms with Crippen LogP contribution in [0.3, 0.4) is 0 Å². The van der Waals surface area contributed by atoms with Gasteiger partial charge in [0.25, 0.3) is 5.91 Å². The topological polar surface area (TPSA) is 66.9 Å². The molecule has 1 amide bonds. The van der Waals surface area contributed by atoms with Gasteiger partial charge in [-0.05, 0) is 36.2 Å². The van der Waals surface area contributed by atoms with Crippen molar-refractivity contribution in [2.24, 2.45) is 0 Å². The first-order valence-corrected chi connectivity index (χ1v) is 8.19. The molecule has 1 heterocycles. The summed E-state index contributed by atoms with van der Waals surface area (Å²) >= 11 is 0. The zero-order valence-electron chi connectivity index (χ0n) is 14.3. The zero-order valence-corrected chi connectivity index (χ0v) is 14.3. The van der Waals surface area contributed by atoms with E-state index in [9.17, 15) is 22.4 Å². The molecule has 28 heavy (non-hydrogen) atoms. The van der Waals surface area contributed by atoms with Crippen LogP contribution >= 0.6 is 0 Å². The van der Waals surface area contributed by atoms with E-state index in [4.69, 9.17) is 0 Å². The first kappa shape index (κ1) is 19.3. The van der Waals surface area contributed by atoms with Gasteiger partial charge in [-0.2, -0.15) is 0 Å². The van der Waals surface area contributed by atoms with E-state index < -0.39 is 23.4 Å². The molecule has 0 unspecified atom stereocenters. The number of nitrogens with zero attached hydrogens (tertiary/aromatic N) is 2. The molecule has 1 aromatic heterocycles. The van der Waals surface area contributed by atoms with Gasteiger partial charge in [0.05, 0.1) is 5.69 Å². The second-order valence-electron chi connectivity index (χ2n) is 5.77. The summed E-state index contributed by atoms with van der Waals surface area (Å²) in [7, 11) is 0. The van der Waals surface area contributed by atoms with Gasteiger partial charge >= 0.3 is 0 Å². The number of halogens is 4. The number of aromatic nitrogens is 2. The van der Waals surface area contributed by atoms with Crippen molar-refractivity contribution in [3.8, 4) is 0 Å². The minimum atomic E-state index is -1.61. The lowest BCUT2D eigenvalue weighted by atomic mass is 10.1. The van der Waals surface area contributed by atoms with E-state index >= 15 is 0 Å². The lowest BCUT2D eigenvalue weighted by Gasteiger charge is -2.09. The summed E-state index contributed by atoms with van der Waals surface area (Å²) in [6, 6.07) is 8.92. The molecule has 3 rings (SSSR count). The van der Waals surface area contributed by atoms with Crippen LogP contribution in [0.2, 0.25) is 0 Å². The highest BCUT2D eigenvalue weighted by molar-refractivity contribution is 5.92. The van der Waals surface area contributed by atoms with E-state index in [1.54, 1.807) is 12.1 Å². The number of hydrogen-bond acceptors (Lipinski definition) is 4. The number of amides is 1. The molecule has 0 aliphatic carbocycles. The Morgan fingerprint density at radius 2 is 1.68 bits per heavy atom. The van der Waals surface area contributed by atoms with Gasteiger partial charge in [0.1, 0.15) is 23.7 Å². The Balaban J connectivity index is 1.63. The fourth-order valence-corrected chi connectivity index (χ4v) is 2.37. The summed E-state index contributed by atoms with van der Waals surface area (Å²) in [5.74, 6) is -5.14. The summed E-state index contributed by atoms with van der Waals surface area (Å²) in [6.07, 6.45) is 1.57. The molecule has 9 heteroatoms. The van der Waals surface area contributed by atoms with Crippen molar-refractivity contribution in [2.75, 3.05) is 11.9 Å². The van der Waals surface area contributed by atoms with Crippen molar-refractivity contribution in [2.45, 2.75) is 6.42 Å². The lowest BCUT2D eigenvalue weighted by molar-refractivity contribution is 0.0949. The van der Waals surface area contributed by atoms with Gasteiger partial charge in [-0.1, -0.05) is 12.1 Å². The molecule has 0 fully saturated rings. The third-order valence-corrected chi connectivity index (χ3v) is 3.81. The Morgan fingerprint density at radius 1 is 0.929 bits per heavy atom. The quantitative estimate of drug-likeness (QED) is 0.497. The Morgan fingerprint density at radius 3 is 2.43 bits per heavy atom. The van der Waals surface area contributed by atoms with Crippen LogP contribution in [0, 0.1) is 23.3 Å². The summed E-state index contributed by atoms with van der Waals surface area (Å²) in [5.41, 5.74) is 0.514. The largest absolute Gasteiger partial charge is 0.350 e. The van der Waals surface area contributed by atoms with Crippen LogP contribution in [0.25, 0.3) is 0 Å². The molecule has 0 saturated carbocycles. The summed E-state index contributed by atoms with van der Waals surface area (Å²) < 4.78 is 52.9. The van der Waals surface area contributed by atoms with E-state index in [1.807, 2.05) is 0 Å². The van der Waals surface area contributed by atoms with Gasteiger partial charge in [-0.25, -0.2) is 27.5 Å². The molecule has 0 bridgehead atoms. The van der Waals surface area contributed by atoms with Crippen molar-refractivity contribution in [3.63, 3.8) is 0 Å². The molecule has 0 aliphatic heterocycles. The van der Waals surface area contributed by atoms with Crippen molar-refractivity contribution >= 4 is 17.4 Å². The smallest absolute Gasteiger partial charge is 0.270 e. The van der Waals surface area contributed by atoms with E-state index in [1.165, 1.54) is 18.2 Å². The predicted molar refractivity (Wildman–Crippen MR) is 94.1 cm³/mol. The number of carbonyl (C=O) groups excluding carboxylic acids is 1. The SMILES string of the molecule is O=C(NCCc1ccc(F)cc1)c1cc(Nc2ccc(F)c(F)c2F)ncn1. The third-order valence-electron chi connectivity index (χ3n) is 3.81. The van der Waals surface area contributed by atoms with Gasteiger partial charge in [0.2, 0.25) is 0 Å². The second-order valence-corrected chi connectivity index (χ2v) is 5.77. The van der Waals surface area contributed by atoms with Crippen molar-refractivity contribution < 1.29 is 22.4 Å².